The Morgan fingerprint density at radius 2 is 2.47 bits per heavy atom. The molecule has 0 bridgehead atoms. The number of anilines is 1. The number of rotatable bonds is 7. The Hall–Kier alpha value is -1.49. The highest BCUT2D eigenvalue weighted by atomic mass is 32.2. The molecule has 0 spiro atoms. The van der Waals surface area contributed by atoms with Gasteiger partial charge in [-0.1, -0.05) is 6.08 Å². The quantitative estimate of drug-likeness (QED) is 0.573. The van der Waals surface area contributed by atoms with Crippen molar-refractivity contribution in [3.05, 3.63) is 36.7 Å². The van der Waals surface area contributed by atoms with Gasteiger partial charge in [-0.25, -0.2) is 0 Å². The molecule has 0 radical (unpaired) electrons. The second-order valence-corrected chi connectivity index (χ2v) is 4.45. The predicted molar refractivity (Wildman–Crippen MR) is 73.6 cm³/mol. The Kier molecular flexibility index (Phi) is 6.17. The second kappa shape index (κ2) is 7.73. The number of nitrogens with one attached hydrogen (secondary N) is 2. The molecule has 92 valence electrons. The van der Waals surface area contributed by atoms with E-state index in [9.17, 15) is 4.79 Å². The maximum Gasteiger partial charge on any atom is 0.269 e. The van der Waals surface area contributed by atoms with Crippen molar-refractivity contribution in [2.45, 2.75) is 0 Å². The van der Waals surface area contributed by atoms with Crippen LogP contribution in [0.5, 0.6) is 0 Å². The van der Waals surface area contributed by atoms with Crippen molar-refractivity contribution in [3.63, 3.8) is 0 Å². The molecule has 0 fully saturated rings. The van der Waals surface area contributed by atoms with E-state index in [1.54, 1.807) is 19.3 Å². The number of thioether (sulfide) groups is 1. The number of amides is 1. The van der Waals surface area contributed by atoms with Gasteiger partial charge in [0.05, 0.1) is 0 Å². The molecule has 0 saturated heterocycles. The summed E-state index contributed by atoms with van der Waals surface area (Å²) in [5.74, 6) is 1.79. The zero-order valence-corrected chi connectivity index (χ0v) is 10.7. The largest absolute Gasteiger partial charge is 0.384 e. The summed E-state index contributed by atoms with van der Waals surface area (Å²) in [5.41, 5.74) is 1.34. The van der Waals surface area contributed by atoms with Crippen LogP contribution in [0, 0.1) is 0 Å². The monoisotopic (exact) mass is 251 g/mol. The third-order valence-corrected chi connectivity index (χ3v) is 3.00. The summed E-state index contributed by atoms with van der Waals surface area (Å²) in [6.45, 7) is 4.52. The molecule has 1 aromatic rings. The van der Waals surface area contributed by atoms with Crippen molar-refractivity contribution in [3.8, 4) is 0 Å². The van der Waals surface area contributed by atoms with E-state index in [0.29, 0.717) is 5.69 Å². The van der Waals surface area contributed by atoms with Crippen molar-refractivity contribution in [1.82, 2.24) is 10.3 Å². The summed E-state index contributed by atoms with van der Waals surface area (Å²) in [5, 5.41) is 5.80. The molecule has 17 heavy (non-hydrogen) atoms. The highest BCUT2D eigenvalue weighted by Gasteiger charge is 2.04. The fraction of sp³-hybridized carbons (Fsp3) is 0.333. The minimum Gasteiger partial charge on any atom is -0.384 e. The first-order valence-corrected chi connectivity index (χ1v) is 6.54. The second-order valence-electron chi connectivity index (χ2n) is 3.30. The normalized spacial score (nSPS) is 9.71. The number of carbonyl (C=O) groups excluding carboxylic acids is 1. The fourth-order valence-electron chi connectivity index (χ4n) is 1.23. The van der Waals surface area contributed by atoms with E-state index in [1.165, 1.54) is 0 Å². The minimum absolute atomic E-state index is 0.172. The van der Waals surface area contributed by atoms with E-state index in [0.717, 1.165) is 23.7 Å². The summed E-state index contributed by atoms with van der Waals surface area (Å²) < 4.78 is 0. The Morgan fingerprint density at radius 1 is 1.65 bits per heavy atom. The topological polar surface area (TPSA) is 54.0 Å². The van der Waals surface area contributed by atoms with E-state index in [-0.39, 0.29) is 5.91 Å². The number of hydrogen-bond acceptors (Lipinski definition) is 4. The molecule has 1 aromatic heterocycles. The smallest absolute Gasteiger partial charge is 0.269 e. The first-order chi connectivity index (χ1) is 8.27. The van der Waals surface area contributed by atoms with Gasteiger partial charge in [-0.05, 0) is 12.1 Å². The number of hydrogen-bond donors (Lipinski definition) is 2. The van der Waals surface area contributed by atoms with Gasteiger partial charge in [0.15, 0.2) is 0 Å². The van der Waals surface area contributed by atoms with Crippen molar-refractivity contribution in [1.29, 1.82) is 0 Å². The molecule has 1 rings (SSSR count). The first-order valence-electron chi connectivity index (χ1n) is 5.38. The third-order valence-electron chi connectivity index (χ3n) is 2.03. The highest BCUT2D eigenvalue weighted by Crippen LogP contribution is 2.08. The summed E-state index contributed by atoms with van der Waals surface area (Å²) in [7, 11) is 1.59. The van der Waals surface area contributed by atoms with E-state index in [1.807, 2.05) is 23.9 Å². The standard InChI is InChI=1S/C12H17N3OS/c1-3-7-17-8-6-14-10-4-5-15-11(9-10)12(16)13-2/h3-5,9H,1,6-8H2,2H3,(H,13,16)(H,14,15). The fourth-order valence-corrected chi connectivity index (χ4v) is 1.81. The Balaban J connectivity index is 2.43. The Morgan fingerprint density at radius 3 is 3.18 bits per heavy atom. The van der Waals surface area contributed by atoms with E-state index < -0.39 is 0 Å². The first kappa shape index (κ1) is 13.6. The maximum absolute atomic E-state index is 11.4. The lowest BCUT2D eigenvalue weighted by Crippen LogP contribution is -2.19. The zero-order chi connectivity index (χ0) is 12.5. The van der Waals surface area contributed by atoms with E-state index >= 15 is 0 Å². The lowest BCUT2D eigenvalue weighted by Gasteiger charge is -2.06. The Labute approximate surface area is 106 Å². The molecule has 2 N–H and O–H groups in total. The molecule has 0 atom stereocenters. The molecule has 0 aliphatic carbocycles. The van der Waals surface area contributed by atoms with Crippen molar-refractivity contribution < 1.29 is 4.79 Å². The van der Waals surface area contributed by atoms with Gasteiger partial charge in [-0.3, -0.25) is 9.78 Å². The van der Waals surface area contributed by atoms with Crippen LogP contribution in [0.1, 0.15) is 10.5 Å². The van der Waals surface area contributed by atoms with Gasteiger partial charge in [0, 0.05) is 37.0 Å². The van der Waals surface area contributed by atoms with Gasteiger partial charge in [-0.2, -0.15) is 11.8 Å². The lowest BCUT2D eigenvalue weighted by atomic mass is 10.3. The minimum atomic E-state index is -0.172. The van der Waals surface area contributed by atoms with Crippen LogP contribution in [-0.2, 0) is 0 Å². The molecule has 0 unspecified atom stereocenters. The number of pyridine rings is 1. The molecule has 0 saturated carbocycles. The summed E-state index contributed by atoms with van der Waals surface area (Å²) in [6.07, 6.45) is 3.52. The van der Waals surface area contributed by atoms with Crippen LogP contribution in [0.3, 0.4) is 0 Å². The van der Waals surface area contributed by atoms with Gasteiger partial charge in [0.25, 0.3) is 5.91 Å². The Bertz CT molecular complexity index is 382. The molecular formula is C12H17N3OS. The van der Waals surface area contributed by atoms with Crippen LogP contribution in [0.25, 0.3) is 0 Å². The van der Waals surface area contributed by atoms with Crippen LogP contribution >= 0.6 is 11.8 Å². The summed E-state index contributed by atoms with van der Waals surface area (Å²) in [6, 6.07) is 3.60. The molecule has 4 nitrogen and oxygen atoms in total. The summed E-state index contributed by atoms with van der Waals surface area (Å²) >= 11 is 1.81. The average molecular weight is 251 g/mol. The maximum atomic E-state index is 11.4. The van der Waals surface area contributed by atoms with Crippen molar-refractivity contribution >= 4 is 23.4 Å². The molecule has 0 aliphatic heterocycles. The molecule has 0 aromatic carbocycles. The van der Waals surface area contributed by atoms with E-state index in [4.69, 9.17) is 0 Å². The molecule has 1 amide bonds. The van der Waals surface area contributed by atoms with Crippen LogP contribution < -0.4 is 10.6 Å². The van der Waals surface area contributed by atoms with Crippen LogP contribution in [-0.4, -0.2) is 36.0 Å². The van der Waals surface area contributed by atoms with Crippen molar-refractivity contribution in [2.75, 3.05) is 30.4 Å². The average Bonchev–Trinajstić information content (AvgIpc) is 2.38. The zero-order valence-electron chi connectivity index (χ0n) is 9.90. The van der Waals surface area contributed by atoms with Crippen molar-refractivity contribution in [2.24, 2.45) is 0 Å². The van der Waals surface area contributed by atoms with Crippen LogP contribution in [0.15, 0.2) is 31.0 Å². The SMILES string of the molecule is C=CCSCCNc1ccnc(C(=O)NC)c1. The molecule has 0 aliphatic rings. The van der Waals surface area contributed by atoms with Gasteiger partial charge < -0.3 is 10.6 Å². The predicted octanol–water partition coefficient (Wildman–Crippen LogP) is 1.77. The van der Waals surface area contributed by atoms with Crippen LogP contribution in [0.2, 0.25) is 0 Å². The van der Waals surface area contributed by atoms with Gasteiger partial charge in [0.2, 0.25) is 0 Å². The van der Waals surface area contributed by atoms with Gasteiger partial charge >= 0.3 is 0 Å². The highest BCUT2D eigenvalue weighted by molar-refractivity contribution is 7.99. The number of aromatic nitrogens is 1. The van der Waals surface area contributed by atoms with Gasteiger partial charge in [0.1, 0.15) is 5.69 Å². The lowest BCUT2D eigenvalue weighted by molar-refractivity contribution is 0.0958. The number of nitrogens with zero attached hydrogens (tertiary/aromatic N) is 1. The van der Waals surface area contributed by atoms with E-state index in [2.05, 4.69) is 22.2 Å². The molecule has 1 heterocycles. The summed E-state index contributed by atoms with van der Waals surface area (Å²) in [4.78, 5) is 15.4. The van der Waals surface area contributed by atoms with Crippen LogP contribution in [0.4, 0.5) is 5.69 Å². The number of carbonyl (C=O) groups is 1. The third kappa shape index (κ3) is 4.91. The molecular weight excluding hydrogens is 234 g/mol. The van der Waals surface area contributed by atoms with Gasteiger partial charge in [-0.15, -0.1) is 6.58 Å². The molecule has 5 heteroatoms.